The van der Waals surface area contributed by atoms with E-state index in [1.54, 1.807) is 48.4 Å². The van der Waals surface area contributed by atoms with Gasteiger partial charge < -0.3 is 9.64 Å². The molecule has 0 aliphatic carbocycles. The minimum absolute atomic E-state index is 0.0250. The number of hydrogen-bond donors (Lipinski definition) is 0. The Balaban J connectivity index is 1.23. The molecule has 2 aliphatic rings. The summed E-state index contributed by atoms with van der Waals surface area (Å²) < 4.78 is 46.0. The van der Waals surface area contributed by atoms with Crippen molar-refractivity contribution >= 4 is 15.9 Å². The highest BCUT2D eigenvalue weighted by atomic mass is 32.2. The topological polar surface area (TPSA) is 73.4 Å². The van der Waals surface area contributed by atoms with E-state index >= 15 is 0 Å². The van der Waals surface area contributed by atoms with Crippen LogP contribution >= 0.6 is 0 Å². The fourth-order valence-electron chi connectivity index (χ4n) is 4.43. The molecular formula is C24H31FN4O4S. The Hall–Kier alpha value is -2.53. The maximum Gasteiger partial charge on any atom is 0.243 e. The van der Waals surface area contributed by atoms with Gasteiger partial charge in [0.25, 0.3) is 0 Å². The van der Waals surface area contributed by atoms with Crippen molar-refractivity contribution in [2.24, 2.45) is 0 Å². The van der Waals surface area contributed by atoms with E-state index in [2.05, 4.69) is 9.80 Å². The van der Waals surface area contributed by atoms with Crippen molar-refractivity contribution in [1.82, 2.24) is 19.0 Å². The highest BCUT2D eigenvalue weighted by molar-refractivity contribution is 7.89. The van der Waals surface area contributed by atoms with E-state index in [0.29, 0.717) is 45.0 Å². The Bertz CT molecular complexity index is 1080. The number of halogens is 1. The minimum atomic E-state index is -3.53. The maximum atomic E-state index is 13.6. The normalized spacial score (nSPS) is 18.7. The fraction of sp³-hybridized carbons (Fsp3) is 0.458. The molecule has 1 amide bonds. The second kappa shape index (κ2) is 10.8. The van der Waals surface area contributed by atoms with Crippen LogP contribution in [0.1, 0.15) is 5.56 Å². The summed E-state index contributed by atoms with van der Waals surface area (Å²) in [5.41, 5.74) is 0.815. The van der Waals surface area contributed by atoms with E-state index in [9.17, 15) is 17.6 Å². The van der Waals surface area contributed by atoms with E-state index < -0.39 is 10.0 Å². The lowest BCUT2D eigenvalue weighted by Gasteiger charge is -2.37. The Morgan fingerprint density at radius 3 is 2.21 bits per heavy atom. The van der Waals surface area contributed by atoms with Crippen LogP contribution in [-0.2, 0) is 21.4 Å². The summed E-state index contributed by atoms with van der Waals surface area (Å²) >= 11 is 0. The number of carbonyl (C=O) groups is 1. The van der Waals surface area contributed by atoms with Crippen LogP contribution in [0.5, 0.6) is 5.75 Å². The zero-order chi connectivity index (χ0) is 24.1. The van der Waals surface area contributed by atoms with Crippen molar-refractivity contribution in [3.8, 4) is 5.75 Å². The standard InChI is InChI=1S/C24H31FN4O4S/c1-33-23-8-7-21(25)17-20(23)18-26-9-11-27(12-10-26)19-24(30)28-13-15-29(16-14-28)34(31,32)22-5-3-2-4-6-22/h2-8,17H,9-16,18-19H2,1H3. The van der Waals surface area contributed by atoms with E-state index in [4.69, 9.17) is 4.74 Å². The summed E-state index contributed by atoms with van der Waals surface area (Å²) in [6.45, 7) is 5.33. The van der Waals surface area contributed by atoms with Crippen LogP contribution in [0.4, 0.5) is 4.39 Å². The Morgan fingerprint density at radius 2 is 1.56 bits per heavy atom. The van der Waals surface area contributed by atoms with Crippen molar-refractivity contribution in [1.29, 1.82) is 0 Å². The van der Waals surface area contributed by atoms with Crippen molar-refractivity contribution < 1.29 is 22.3 Å². The number of sulfonamides is 1. The predicted octanol–water partition coefficient (Wildman–Crippen LogP) is 1.49. The van der Waals surface area contributed by atoms with E-state index in [0.717, 1.165) is 31.7 Å². The van der Waals surface area contributed by atoms with Crippen LogP contribution in [-0.4, -0.2) is 99.3 Å². The molecule has 0 saturated carbocycles. The fourth-order valence-corrected chi connectivity index (χ4v) is 5.87. The van der Waals surface area contributed by atoms with Gasteiger partial charge >= 0.3 is 0 Å². The SMILES string of the molecule is COc1ccc(F)cc1CN1CCN(CC(=O)N2CCN(S(=O)(=O)c3ccccc3)CC2)CC1. The monoisotopic (exact) mass is 490 g/mol. The number of rotatable bonds is 7. The van der Waals surface area contributed by atoms with Crippen LogP contribution in [0, 0.1) is 5.82 Å². The van der Waals surface area contributed by atoms with Gasteiger partial charge in [0.15, 0.2) is 0 Å². The number of benzene rings is 2. The number of nitrogens with zero attached hydrogens (tertiary/aromatic N) is 4. The van der Waals surface area contributed by atoms with E-state index in [1.165, 1.54) is 16.4 Å². The lowest BCUT2D eigenvalue weighted by Crippen LogP contribution is -2.54. The van der Waals surface area contributed by atoms with Crippen LogP contribution in [0.15, 0.2) is 53.4 Å². The zero-order valence-electron chi connectivity index (χ0n) is 19.4. The van der Waals surface area contributed by atoms with Gasteiger partial charge in [0.2, 0.25) is 15.9 Å². The highest BCUT2D eigenvalue weighted by Crippen LogP contribution is 2.22. The largest absolute Gasteiger partial charge is 0.496 e. The van der Waals surface area contributed by atoms with Crippen molar-refractivity contribution in [2.45, 2.75) is 11.4 Å². The number of hydrogen-bond acceptors (Lipinski definition) is 6. The maximum absolute atomic E-state index is 13.6. The minimum Gasteiger partial charge on any atom is -0.496 e. The Labute approximate surface area is 200 Å². The molecule has 2 aliphatic heterocycles. The molecule has 10 heteroatoms. The molecule has 2 aromatic rings. The van der Waals surface area contributed by atoms with Crippen LogP contribution < -0.4 is 4.74 Å². The number of methoxy groups -OCH3 is 1. The molecule has 0 spiro atoms. The summed E-state index contributed by atoms with van der Waals surface area (Å²) in [6, 6.07) is 12.9. The van der Waals surface area contributed by atoms with Gasteiger partial charge in [0, 0.05) is 64.5 Å². The molecule has 0 N–H and O–H groups in total. The average Bonchev–Trinajstić information content (AvgIpc) is 2.86. The summed E-state index contributed by atoms with van der Waals surface area (Å²) in [6.07, 6.45) is 0. The van der Waals surface area contributed by atoms with Gasteiger partial charge in [-0.05, 0) is 30.3 Å². The van der Waals surface area contributed by atoms with Crippen LogP contribution in [0.2, 0.25) is 0 Å². The van der Waals surface area contributed by atoms with Gasteiger partial charge in [-0.1, -0.05) is 18.2 Å². The Morgan fingerprint density at radius 1 is 0.912 bits per heavy atom. The second-order valence-electron chi connectivity index (χ2n) is 8.61. The number of amides is 1. The molecule has 0 radical (unpaired) electrons. The highest BCUT2D eigenvalue weighted by Gasteiger charge is 2.31. The quantitative estimate of drug-likeness (QED) is 0.586. The van der Waals surface area contributed by atoms with Gasteiger partial charge in [0.1, 0.15) is 11.6 Å². The van der Waals surface area contributed by atoms with Crippen molar-refractivity contribution in [3.63, 3.8) is 0 Å². The first-order valence-corrected chi connectivity index (χ1v) is 12.9. The molecule has 0 aromatic heterocycles. The number of carbonyl (C=O) groups excluding carboxylic acids is 1. The number of ether oxygens (including phenoxy) is 1. The van der Waals surface area contributed by atoms with Crippen molar-refractivity contribution in [2.75, 3.05) is 66.0 Å². The van der Waals surface area contributed by atoms with Gasteiger partial charge in [-0.15, -0.1) is 0 Å². The molecule has 2 fully saturated rings. The molecule has 8 nitrogen and oxygen atoms in total. The first-order chi connectivity index (χ1) is 16.4. The molecule has 184 valence electrons. The smallest absolute Gasteiger partial charge is 0.243 e. The third-order valence-corrected chi connectivity index (χ3v) is 8.35. The van der Waals surface area contributed by atoms with Gasteiger partial charge in [-0.25, -0.2) is 12.8 Å². The molecule has 4 rings (SSSR count). The first kappa shape index (κ1) is 24.6. The summed E-state index contributed by atoms with van der Waals surface area (Å²) in [4.78, 5) is 19.2. The average molecular weight is 491 g/mol. The Kier molecular flexibility index (Phi) is 7.82. The second-order valence-corrected chi connectivity index (χ2v) is 10.5. The third kappa shape index (κ3) is 5.75. The lowest BCUT2D eigenvalue weighted by atomic mass is 10.1. The molecule has 0 bridgehead atoms. The molecular weight excluding hydrogens is 459 g/mol. The van der Waals surface area contributed by atoms with Crippen LogP contribution in [0.3, 0.4) is 0 Å². The van der Waals surface area contributed by atoms with Gasteiger partial charge in [-0.3, -0.25) is 14.6 Å². The summed E-state index contributed by atoms with van der Waals surface area (Å²) in [5, 5.41) is 0. The predicted molar refractivity (Wildman–Crippen MR) is 126 cm³/mol. The van der Waals surface area contributed by atoms with Crippen LogP contribution in [0.25, 0.3) is 0 Å². The first-order valence-electron chi connectivity index (χ1n) is 11.5. The molecule has 34 heavy (non-hydrogen) atoms. The summed E-state index contributed by atoms with van der Waals surface area (Å²) in [5.74, 6) is 0.418. The lowest BCUT2D eigenvalue weighted by molar-refractivity contribution is -0.134. The van der Waals surface area contributed by atoms with Crippen molar-refractivity contribution in [3.05, 3.63) is 59.9 Å². The van der Waals surface area contributed by atoms with Gasteiger partial charge in [0.05, 0.1) is 18.6 Å². The summed E-state index contributed by atoms with van der Waals surface area (Å²) in [7, 11) is -1.95. The molecule has 2 aromatic carbocycles. The third-order valence-electron chi connectivity index (χ3n) is 6.43. The molecule has 0 unspecified atom stereocenters. The van der Waals surface area contributed by atoms with Gasteiger partial charge in [-0.2, -0.15) is 4.31 Å². The zero-order valence-corrected chi connectivity index (χ0v) is 20.2. The number of piperazine rings is 2. The van der Waals surface area contributed by atoms with E-state index in [1.807, 2.05) is 0 Å². The molecule has 2 heterocycles. The van der Waals surface area contributed by atoms with E-state index in [-0.39, 0.29) is 16.6 Å². The molecule has 2 saturated heterocycles. The molecule has 0 atom stereocenters.